The van der Waals surface area contributed by atoms with Gasteiger partial charge in [-0.15, -0.1) is 0 Å². The van der Waals surface area contributed by atoms with E-state index in [4.69, 9.17) is 9.47 Å². The quantitative estimate of drug-likeness (QED) is 0.621. The van der Waals surface area contributed by atoms with Crippen molar-refractivity contribution >= 4 is 33.7 Å². The average molecular weight is 357 g/mol. The first-order valence-corrected chi connectivity index (χ1v) is 8.35. The summed E-state index contributed by atoms with van der Waals surface area (Å²) >= 11 is 0. The molecule has 0 bridgehead atoms. The Labute approximate surface area is 148 Å². The number of hydrogen-bond acceptors (Lipinski definition) is 6. The van der Waals surface area contributed by atoms with Crippen molar-refractivity contribution < 1.29 is 19.1 Å². The van der Waals surface area contributed by atoms with Gasteiger partial charge in [-0.2, -0.15) is 5.10 Å². The van der Waals surface area contributed by atoms with Gasteiger partial charge in [0.2, 0.25) is 0 Å². The maximum Gasteiger partial charge on any atom is 0.327 e. The van der Waals surface area contributed by atoms with E-state index in [0.29, 0.717) is 10.9 Å². The first kappa shape index (κ1) is 17.7. The first-order chi connectivity index (χ1) is 12.6. The molecule has 2 heterocycles. The first-order valence-electron chi connectivity index (χ1n) is 8.35. The normalized spacial score (nSPS) is 11.0. The summed E-state index contributed by atoms with van der Waals surface area (Å²) in [7, 11) is 0. The molecule has 136 valence electrons. The van der Waals surface area contributed by atoms with Crippen LogP contribution in [0.5, 0.6) is 0 Å². The van der Waals surface area contributed by atoms with Crippen LogP contribution in [0.2, 0.25) is 0 Å². The van der Waals surface area contributed by atoms with Crippen LogP contribution in [0.25, 0.3) is 21.8 Å². The highest BCUT2D eigenvalue weighted by molar-refractivity contribution is 6.07. The number of carbonyl (C=O) groups is 2. The van der Waals surface area contributed by atoms with Crippen molar-refractivity contribution in [3.05, 3.63) is 40.8 Å². The maximum atomic E-state index is 12.9. The zero-order valence-electron chi connectivity index (χ0n) is 14.6. The molecular formula is C18H19N3O5. The summed E-state index contributed by atoms with van der Waals surface area (Å²) in [6.07, 6.45) is 1.53. The largest absolute Gasteiger partial charge is 0.465 e. The number of aromatic nitrogens is 3. The number of fused-ring (bicyclic) bond motifs is 3. The van der Waals surface area contributed by atoms with Crippen molar-refractivity contribution in [1.82, 2.24) is 14.3 Å². The lowest BCUT2D eigenvalue weighted by Gasteiger charge is -2.08. The van der Waals surface area contributed by atoms with Gasteiger partial charge in [0.15, 0.2) is 0 Å². The van der Waals surface area contributed by atoms with Crippen molar-refractivity contribution in [2.75, 3.05) is 13.2 Å². The second-order valence-corrected chi connectivity index (χ2v) is 5.58. The van der Waals surface area contributed by atoms with Crippen LogP contribution in [-0.2, 0) is 32.2 Å². The summed E-state index contributed by atoms with van der Waals surface area (Å²) in [6.45, 7) is 3.50. The fraction of sp³-hybridized carbons (Fsp3) is 0.333. The van der Waals surface area contributed by atoms with Gasteiger partial charge in [-0.3, -0.25) is 14.4 Å². The highest BCUT2D eigenvalue weighted by Gasteiger charge is 2.19. The Bertz CT molecular complexity index is 1030. The Hall–Kier alpha value is -3.16. The fourth-order valence-corrected chi connectivity index (χ4v) is 2.94. The monoisotopic (exact) mass is 357 g/mol. The van der Waals surface area contributed by atoms with E-state index in [9.17, 15) is 14.4 Å². The van der Waals surface area contributed by atoms with Crippen LogP contribution in [0.15, 0.2) is 35.3 Å². The molecule has 0 saturated carbocycles. The zero-order chi connectivity index (χ0) is 18.7. The fourth-order valence-electron chi connectivity index (χ4n) is 2.94. The molecule has 0 unspecified atom stereocenters. The van der Waals surface area contributed by atoms with E-state index in [1.165, 1.54) is 6.20 Å². The molecule has 0 fully saturated rings. The van der Waals surface area contributed by atoms with Gasteiger partial charge < -0.3 is 14.0 Å². The second kappa shape index (κ2) is 7.38. The predicted octanol–water partition coefficient (Wildman–Crippen LogP) is 1.48. The molecule has 8 nitrogen and oxygen atoms in total. The van der Waals surface area contributed by atoms with Crippen LogP contribution >= 0.6 is 0 Å². The molecule has 3 rings (SSSR count). The van der Waals surface area contributed by atoms with Gasteiger partial charge in [0.25, 0.3) is 5.56 Å². The number of hydrogen-bond donors (Lipinski definition) is 0. The predicted molar refractivity (Wildman–Crippen MR) is 94.8 cm³/mol. The van der Waals surface area contributed by atoms with E-state index in [1.54, 1.807) is 18.4 Å². The highest BCUT2D eigenvalue weighted by atomic mass is 16.5. The summed E-state index contributed by atoms with van der Waals surface area (Å²) in [5.74, 6) is -0.988. The molecule has 3 aromatic rings. The number of nitrogens with zero attached hydrogens (tertiary/aromatic N) is 3. The SMILES string of the molecule is CCOC(=O)Cn1ncc2c3ccccc3n(CC(=O)OCC)c2c1=O. The molecule has 0 aliphatic rings. The summed E-state index contributed by atoms with van der Waals surface area (Å²) < 4.78 is 12.5. The van der Waals surface area contributed by atoms with Crippen molar-refractivity contribution in [2.45, 2.75) is 26.9 Å². The summed E-state index contributed by atoms with van der Waals surface area (Å²) in [4.78, 5) is 36.7. The molecule has 8 heteroatoms. The second-order valence-electron chi connectivity index (χ2n) is 5.58. The number of carbonyl (C=O) groups excluding carboxylic acids is 2. The molecular weight excluding hydrogens is 338 g/mol. The summed E-state index contributed by atoms with van der Waals surface area (Å²) in [6, 6.07) is 7.36. The van der Waals surface area contributed by atoms with E-state index >= 15 is 0 Å². The van der Waals surface area contributed by atoms with E-state index < -0.39 is 17.5 Å². The van der Waals surface area contributed by atoms with Crippen molar-refractivity contribution in [3.63, 3.8) is 0 Å². The van der Waals surface area contributed by atoms with Crippen LogP contribution < -0.4 is 5.56 Å². The van der Waals surface area contributed by atoms with Crippen molar-refractivity contribution in [2.24, 2.45) is 0 Å². The van der Waals surface area contributed by atoms with Crippen molar-refractivity contribution in [3.8, 4) is 0 Å². The van der Waals surface area contributed by atoms with E-state index in [0.717, 1.165) is 15.6 Å². The van der Waals surface area contributed by atoms with Crippen LogP contribution in [0.1, 0.15) is 13.8 Å². The summed E-state index contributed by atoms with van der Waals surface area (Å²) in [5.41, 5.74) is 0.568. The third-order valence-electron chi connectivity index (χ3n) is 3.95. The molecule has 0 spiro atoms. The molecule has 2 aromatic heterocycles. The molecule has 0 radical (unpaired) electrons. The molecule has 0 aliphatic heterocycles. The number of benzene rings is 1. The van der Waals surface area contributed by atoms with Crippen LogP contribution in [-0.4, -0.2) is 39.5 Å². The Kier molecular flexibility index (Phi) is 5.01. The van der Waals surface area contributed by atoms with Gasteiger partial charge in [0.05, 0.1) is 19.4 Å². The minimum absolute atomic E-state index is 0.101. The Morgan fingerprint density at radius 2 is 1.65 bits per heavy atom. The molecule has 1 aromatic carbocycles. The van der Waals surface area contributed by atoms with Crippen LogP contribution in [0.3, 0.4) is 0 Å². The molecule has 0 amide bonds. The Balaban J connectivity index is 2.19. The van der Waals surface area contributed by atoms with Gasteiger partial charge in [0, 0.05) is 16.3 Å². The maximum absolute atomic E-state index is 12.9. The summed E-state index contributed by atoms with van der Waals surface area (Å²) in [5, 5.41) is 5.51. The third kappa shape index (κ3) is 3.17. The number of rotatable bonds is 6. The standard InChI is InChI=1S/C18H19N3O5/c1-3-25-15(22)10-20-14-8-6-5-7-12(14)13-9-19-21(18(24)17(13)20)11-16(23)26-4-2/h5-9H,3-4,10-11H2,1-2H3. The van der Waals surface area contributed by atoms with E-state index in [-0.39, 0.29) is 26.3 Å². The molecule has 26 heavy (non-hydrogen) atoms. The van der Waals surface area contributed by atoms with Crippen molar-refractivity contribution in [1.29, 1.82) is 0 Å². The Morgan fingerprint density at radius 3 is 2.35 bits per heavy atom. The third-order valence-corrected chi connectivity index (χ3v) is 3.95. The van der Waals surface area contributed by atoms with E-state index in [1.807, 2.05) is 24.3 Å². The molecule has 0 aliphatic carbocycles. The number of esters is 2. The van der Waals surface area contributed by atoms with Crippen LogP contribution in [0.4, 0.5) is 0 Å². The lowest BCUT2D eigenvalue weighted by atomic mass is 10.2. The smallest absolute Gasteiger partial charge is 0.327 e. The molecule has 0 N–H and O–H groups in total. The minimum Gasteiger partial charge on any atom is -0.465 e. The average Bonchev–Trinajstić information content (AvgIpc) is 2.93. The minimum atomic E-state index is -0.547. The zero-order valence-corrected chi connectivity index (χ0v) is 14.6. The number of para-hydroxylation sites is 1. The lowest BCUT2D eigenvalue weighted by Crippen LogP contribution is -2.29. The van der Waals surface area contributed by atoms with Gasteiger partial charge >= 0.3 is 11.9 Å². The number of ether oxygens (including phenoxy) is 2. The van der Waals surface area contributed by atoms with Gasteiger partial charge in [-0.1, -0.05) is 18.2 Å². The lowest BCUT2D eigenvalue weighted by molar-refractivity contribution is -0.144. The van der Waals surface area contributed by atoms with Crippen LogP contribution in [0, 0.1) is 0 Å². The molecule has 0 atom stereocenters. The van der Waals surface area contributed by atoms with Gasteiger partial charge in [-0.25, -0.2) is 4.68 Å². The topological polar surface area (TPSA) is 92.4 Å². The van der Waals surface area contributed by atoms with Gasteiger partial charge in [-0.05, 0) is 19.9 Å². The van der Waals surface area contributed by atoms with E-state index in [2.05, 4.69) is 5.10 Å². The highest BCUT2D eigenvalue weighted by Crippen LogP contribution is 2.26. The Morgan fingerprint density at radius 1 is 1.00 bits per heavy atom. The van der Waals surface area contributed by atoms with Gasteiger partial charge in [0.1, 0.15) is 18.6 Å². The molecule has 0 saturated heterocycles.